The number of sulfonamides is 1. The van der Waals surface area contributed by atoms with Crippen molar-refractivity contribution in [2.75, 3.05) is 25.4 Å². The van der Waals surface area contributed by atoms with E-state index in [1.54, 1.807) is 23.1 Å². The van der Waals surface area contributed by atoms with Gasteiger partial charge in [0.15, 0.2) is 0 Å². The number of H-pyrrole nitrogens is 1. The van der Waals surface area contributed by atoms with Gasteiger partial charge in [-0.05, 0) is 35.9 Å². The van der Waals surface area contributed by atoms with Crippen molar-refractivity contribution in [2.24, 2.45) is 0 Å². The summed E-state index contributed by atoms with van der Waals surface area (Å²) in [5, 5.41) is 1.00. The number of hydrogen-bond acceptors (Lipinski definition) is 7. The van der Waals surface area contributed by atoms with Crippen molar-refractivity contribution in [1.82, 2.24) is 29.1 Å². The molecule has 5 rings (SSSR count). The highest BCUT2D eigenvalue weighted by atomic mass is 35.5. The minimum absolute atomic E-state index is 0.161. The summed E-state index contributed by atoms with van der Waals surface area (Å²) in [7, 11) is -3.95. The fourth-order valence-corrected chi connectivity index (χ4v) is 5.18. The third-order valence-electron chi connectivity index (χ3n) is 5.40. The number of nitrogens with two attached hydrogens (primary N) is 1. The molecular weight excluding hydrogens is 454 g/mol. The number of piperazine rings is 1. The number of carbonyl (C=O) groups is 1. The average Bonchev–Trinajstić information content (AvgIpc) is 3.19. The van der Waals surface area contributed by atoms with Crippen LogP contribution >= 0.6 is 11.6 Å². The van der Waals surface area contributed by atoms with Gasteiger partial charge in [0.2, 0.25) is 11.1 Å². The Kier molecular flexibility index (Phi) is 4.96. The molecule has 1 fully saturated rings. The topological polar surface area (TPSA) is 138 Å². The zero-order chi connectivity index (χ0) is 22.5. The van der Waals surface area contributed by atoms with Gasteiger partial charge in [-0.25, -0.2) is 23.4 Å². The van der Waals surface area contributed by atoms with Crippen molar-refractivity contribution >= 4 is 55.3 Å². The Morgan fingerprint density at radius 1 is 1.09 bits per heavy atom. The second-order valence-electron chi connectivity index (χ2n) is 7.47. The molecule has 0 atom stereocenters. The summed E-state index contributed by atoms with van der Waals surface area (Å²) >= 11 is 5.96. The van der Waals surface area contributed by atoms with E-state index in [1.165, 1.54) is 6.33 Å². The zero-order valence-electron chi connectivity index (χ0n) is 16.7. The molecule has 3 N–H and O–H groups in total. The molecular formula is C20H18ClN7O3S. The van der Waals surface area contributed by atoms with Crippen molar-refractivity contribution in [3.8, 4) is 0 Å². The number of imidazole rings is 1. The monoisotopic (exact) mass is 471 g/mol. The predicted octanol–water partition coefficient (Wildman–Crippen LogP) is 1.77. The predicted molar refractivity (Wildman–Crippen MR) is 119 cm³/mol. The van der Waals surface area contributed by atoms with Gasteiger partial charge in [0.1, 0.15) is 12.1 Å². The summed E-state index contributed by atoms with van der Waals surface area (Å²) in [5.74, 6) is 0.102. The second kappa shape index (κ2) is 7.69. The number of carbonyl (C=O) groups excluding carboxylic acids is 1. The Morgan fingerprint density at radius 3 is 2.75 bits per heavy atom. The number of nitrogen functional groups attached to an aromatic ring is 1. The number of anilines is 1. The molecule has 0 aliphatic carbocycles. The average molecular weight is 472 g/mol. The number of aromatic nitrogens is 4. The lowest BCUT2D eigenvalue weighted by molar-refractivity contribution is -0.134. The molecule has 0 saturated carbocycles. The molecule has 4 aromatic rings. The maximum Gasteiger partial charge on any atom is 0.277 e. The smallest absolute Gasteiger partial charge is 0.277 e. The minimum Gasteiger partial charge on any atom is -0.383 e. The molecule has 0 radical (unpaired) electrons. The fourth-order valence-electron chi connectivity index (χ4n) is 3.70. The van der Waals surface area contributed by atoms with Gasteiger partial charge in [-0.3, -0.25) is 4.79 Å². The van der Waals surface area contributed by atoms with Gasteiger partial charge in [-0.2, -0.15) is 4.31 Å². The van der Waals surface area contributed by atoms with E-state index in [4.69, 9.17) is 17.3 Å². The lowest BCUT2D eigenvalue weighted by Crippen LogP contribution is -2.51. The number of aromatic amines is 1. The molecule has 3 heterocycles. The number of amides is 1. The van der Waals surface area contributed by atoms with Gasteiger partial charge >= 0.3 is 0 Å². The van der Waals surface area contributed by atoms with Crippen LogP contribution in [0.15, 0.2) is 47.9 Å². The minimum atomic E-state index is -3.95. The van der Waals surface area contributed by atoms with Crippen molar-refractivity contribution in [2.45, 2.75) is 11.7 Å². The van der Waals surface area contributed by atoms with Gasteiger partial charge < -0.3 is 15.6 Å². The Bertz CT molecular complexity index is 1470. The summed E-state index contributed by atoms with van der Waals surface area (Å²) in [6, 6.07) is 10.4. The molecule has 2 aromatic heterocycles. The van der Waals surface area contributed by atoms with Gasteiger partial charge in [0.05, 0.1) is 23.1 Å². The number of fused-ring (bicyclic) bond motifs is 2. The van der Waals surface area contributed by atoms with Crippen LogP contribution < -0.4 is 5.73 Å². The molecule has 164 valence electrons. The van der Waals surface area contributed by atoms with Gasteiger partial charge in [0.25, 0.3) is 10.0 Å². The zero-order valence-corrected chi connectivity index (χ0v) is 18.3. The summed E-state index contributed by atoms with van der Waals surface area (Å²) < 4.78 is 27.2. The van der Waals surface area contributed by atoms with E-state index in [1.807, 2.05) is 18.2 Å². The first-order valence-corrected chi connectivity index (χ1v) is 11.6. The lowest BCUT2D eigenvalue weighted by Gasteiger charge is -2.33. The van der Waals surface area contributed by atoms with Crippen molar-refractivity contribution in [3.63, 3.8) is 0 Å². The van der Waals surface area contributed by atoms with Crippen LogP contribution in [0.4, 0.5) is 5.82 Å². The Hall–Kier alpha value is -3.28. The Morgan fingerprint density at radius 2 is 1.94 bits per heavy atom. The van der Waals surface area contributed by atoms with Gasteiger partial charge in [-0.15, -0.1) is 0 Å². The van der Waals surface area contributed by atoms with Crippen LogP contribution in [0.2, 0.25) is 5.02 Å². The van der Waals surface area contributed by atoms with Crippen LogP contribution in [-0.4, -0.2) is 63.1 Å². The van der Waals surface area contributed by atoms with E-state index in [2.05, 4.69) is 19.9 Å². The SMILES string of the molecule is Nc1ncnc2cc(CN3CCN(S(=O)(=O)c4nc5ccc(Cl)cc5[nH]4)CC3=O)ccc12. The van der Waals surface area contributed by atoms with Crippen LogP contribution in [-0.2, 0) is 21.4 Å². The Labute approximate surface area is 188 Å². The Balaban J connectivity index is 1.32. The maximum atomic E-state index is 13.0. The lowest BCUT2D eigenvalue weighted by atomic mass is 10.1. The second-order valence-corrected chi connectivity index (χ2v) is 9.76. The first-order chi connectivity index (χ1) is 15.3. The number of nitrogens with zero attached hydrogens (tertiary/aromatic N) is 5. The molecule has 10 nitrogen and oxygen atoms in total. The van der Waals surface area contributed by atoms with E-state index in [-0.39, 0.29) is 30.7 Å². The molecule has 32 heavy (non-hydrogen) atoms. The molecule has 0 unspecified atom stereocenters. The summed E-state index contributed by atoms with van der Waals surface area (Å²) in [6.45, 7) is 0.501. The molecule has 1 saturated heterocycles. The van der Waals surface area contributed by atoms with Crippen LogP contribution in [0.3, 0.4) is 0 Å². The van der Waals surface area contributed by atoms with Crippen LogP contribution in [0.25, 0.3) is 21.9 Å². The van der Waals surface area contributed by atoms with Gasteiger partial charge in [0, 0.05) is 30.0 Å². The molecule has 1 aliphatic heterocycles. The van der Waals surface area contributed by atoms with E-state index < -0.39 is 10.0 Å². The molecule has 12 heteroatoms. The number of rotatable bonds is 4. The normalized spacial score (nSPS) is 15.7. The van der Waals surface area contributed by atoms with Gasteiger partial charge in [-0.1, -0.05) is 17.7 Å². The number of halogens is 1. The first-order valence-electron chi connectivity index (χ1n) is 9.73. The van der Waals surface area contributed by atoms with Crippen molar-refractivity contribution in [1.29, 1.82) is 0 Å². The molecule has 1 amide bonds. The first kappa shape index (κ1) is 20.6. The maximum absolute atomic E-state index is 13.0. The van der Waals surface area contributed by atoms with E-state index >= 15 is 0 Å². The van der Waals surface area contributed by atoms with Crippen molar-refractivity contribution < 1.29 is 13.2 Å². The highest BCUT2D eigenvalue weighted by Crippen LogP contribution is 2.23. The highest BCUT2D eigenvalue weighted by Gasteiger charge is 2.34. The number of benzene rings is 2. The number of nitrogens with one attached hydrogen (secondary N) is 1. The highest BCUT2D eigenvalue weighted by molar-refractivity contribution is 7.89. The van der Waals surface area contributed by atoms with E-state index in [0.717, 1.165) is 15.3 Å². The molecule has 0 bridgehead atoms. The van der Waals surface area contributed by atoms with Crippen LogP contribution in [0, 0.1) is 0 Å². The summed E-state index contributed by atoms with van der Waals surface area (Å²) in [6.07, 6.45) is 1.39. The largest absolute Gasteiger partial charge is 0.383 e. The summed E-state index contributed by atoms with van der Waals surface area (Å²) in [4.78, 5) is 29.5. The standard InChI is InChI=1S/C20H18ClN7O3S/c21-13-2-4-15-17(8-13)26-20(25-15)32(30,31)28-6-5-27(18(29)10-28)9-12-1-3-14-16(7-12)23-11-24-19(14)22/h1-4,7-8,11H,5-6,9-10H2,(H,25,26)(H2,22,23,24). The quantitative estimate of drug-likeness (QED) is 0.462. The van der Waals surface area contributed by atoms with Crippen molar-refractivity contribution in [3.05, 3.63) is 53.3 Å². The fraction of sp³-hybridized carbons (Fsp3) is 0.200. The third-order valence-corrected chi connectivity index (χ3v) is 7.30. The molecule has 2 aromatic carbocycles. The third kappa shape index (κ3) is 3.64. The van der Waals surface area contributed by atoms with E-state index in [0.29, 0.717) is 33.9 Å². The summed E-state index contributed by atoms with van der Waals surface area (Å²) in [5.41, 5.74) is 8.42. The number of hydrogen-bond donors (Lipinski definition) is 2. The molecule has 1 aliphatic rings. The van der Waals surface area contributed by atoms with E-state index in [9.17, 15) is 13.2 Å². The van der Waals surface area contributed by atoms with Crippen LogP contribution in [0.1, 0.15) is 5.56 Å². The molecule has 0 spiro atoms. The van der Waals surface area contributed by atoms with Crippen LogP contribution in [0.5, 0.6) is 0 Å².